The Balaban J connectivity index is 2.81. The average molecular weight is 140 g/mol. The number of rotatable bonds is 2. The molecule has 56 valence electrons. The van der Waals surface area contributed by atoms with Crippen LogP contribution in [-0.4, -0.2) is 16.1 Å². The van der Waals surface area contributed by atoms with Gasteiger partial charge in [0.1, 0.15) is 11.6 Å². The van der Waals surface area contributed by atoms with Crippen LogP contribution in [0.2, 0.25) is 0 Å². The minimum absolute atomic E-state index is 0.561. The van der Waals surface area contributed by atoms with Crippen molar-refractivity contribution in [3.63, 3.8) is 0 Å². The van der Waals surface area contributed by atoms with Gasteiger partial charge < -0.3 is 16.0 Å². The zero-order valence-electron chi connectivity index (χ0n) is 6.04. The van der Waals surface area contributed by atoms with Gasteiger partial charge in [-0.25, -0.2) is 4.98 Å². The first-order valence-electron chi connectivity index (χ1n) is 3.23. The van der Waals surface area contributed by atoms with Crippen molar-refractivity contribution in [1.82, 2.24) is 9.55 Å². The summed E-state index contributed by atoms with van der Waals surface area (Å²) < 4.78 is 1.94. The highest BCUT2D eigenvalue weighted by molar-refractivity contribution is 5.25. The van der Waals surface area contributed by atoms with Gasteiger partial charge in [0.2, 0.25) is 0 Å². The molecule has 1 aromatic rings. The zero-order chi connectivity index (χ0) is 7.56. The molecular weight excluding hydrogens is 128 g/mol. The van der Waals surface area contributed by atoms with Crippen molar-refractivity contribution in [3.8, 4) is 0 Å². The van der Waals surface area contributed by atoms with E-state index in [1.807, 2.05) is 11.5 Å². The second-order valence-corrected chi connectivity index (χ2v) is 2.20. The van der Waals surface area contributed by atoms with Gasteiger partial charge in [-0.05, 0) is 6.92 Å². The molecule has 10 heavy (non-hydrogen) atoms. The highest BCUT2D eigenvalue weighted by Crippen LogP contribution is 2.01. The van der Waals surface area contributed by atoms with Crippen molar-refractivity contribution in [2.75, 3.05) is 12.3 Å². The van der Waals surface area contributed by atoms with E-state index in [2.05, 4.69) is 4.98 Å². The first kappa shape index (κ1) is 7.08. The molecule has 0 amide bonds. The summed E-state index contributed by atoms with van der Waals surface area (Å²) in [5, 5.41) is 0. The fourth-order valence-corrected chi connectivity index (χ4v) is 0.898. The largest absolute Gasteiger partial charge is 0.382 e. The maximum atomic E-state index is 5.44. The van der Waals surface area contributed by atoms with Gasteiger partial charge in [0, 0.05) is 19.3 Å². The molecule has 0 radical (unpaired) electrons. The van der Waals surface area contributed by atoms with Crippen LogP contribution in [0.3, 0.4) is 0 Å². The van der Waals surface area contributed by atoms with Crippen LogP contribution in [0.15, 0.2) is 6.20 Å². The normalized spacial score (nSPS) is 10.2. The van der Waals surface area contributed by atoms with E-state index >= 15 is 0 Å². The standard InChI is InChI=1S/C6H12N4/c1-5-9-6(8)4-10(5)3-2-7/h4H,2-3,7-8H2,1H3. The Hall–Kier alpha value is -1.03. The number of aryl methyl sites for hydroxylation is 1. The molecule has 0 spiro atoms. The molecule has 0 aliphatic heterocycles. The molecule has 0 aromatic carbocycles. The third-order valence-electron chi connectivity index (χ3n) is 1.36. The number of nitrogens with two attached hydrogens (primary N) is 2. The molecule has 0 fully saturated rings. The molecule has 0 atom stereocenters. The quantitative estimate of drug-likeness (QED) is 0.594. The summed E-state index contributed by atoms with van der Waals surface area (Å²) in [6.07, 6.45) is 1.79. The van der Waals surface area contributed by atoms with E-state index < -0.39 is 0 Å². The van der Waals surface area contributed by atoms with Gasteiger partial charge in [-0.2, -0.15) is 0 Å². The number of nitrogen functional groups attached to an aromatic ring is 1. The van der Waals surface area contributed by atoms with E-state index in [-0.39, 0.29) is 0 Å². The Kier molecular flexibility index (Phi) is 1.91. The van der Waals surface area contributed by atoms with Crippen LogP contribution >= 0.6 is 0 Å². The number of anilines is 1. The SMILES string of the molecule is Cc1nc(N)cn1CCN. The molecule has 0 saturated heterocycles. The van der Waals surface area contributed by atoms with Gasteiger partial charge in [-0.3, -0.25) is 0 Å². The van der Waals surface area contributed by atoms with Gasteiger partial charge >= 0.3 is 0 Å². The van der Waals surface area contributed by atoms with E-state index in [4.69, 9.17) is 11.5 Å². The summed E-state index contributed by atoms with van der Waals surface area (Å²) in [7, 11) is 0. The molecule has 1 rings (SSSR count). The Morgan fingerprint density at radius 1 is 1.70 bits per heavy atom. The number of imidazole rings is 1. The molecule has 1 aromatic heterocycles. The minimum atomic E-state index is 0.561. The van der Waals surface area contributed by atoms with Crippen molar-refractivity contribution in [2.45, 2.75) is 13.5 Å². The zero-order valence-corrected chi connectivity index (χ0v) is 6.04. The summed E-state index contributed by atoms with van der Waals surface area (Å²) in [4.78, 5) is 4.01. The molecule has 0 aliphatic carbocycles. The summed E-state index contributed by atoms with van der Waals surface area (Å²) in [5.41, 5.74) is 10.8. The van der Waals surface area contributed by atoms with Crippen LogP contribution in [0.4, 0.5) is 5.82 Å². The van der Waals surface area contributed by atoms with Crippen molar-refractivity contribution in [3.05, 3.63) is 12.0 Å². The maximum absolute atomic E-state index is 5.44. The molecule has 0 saturated carbocycles. The average Bonchev–Trinajstić information content (AvgIpc) is 2.13. The Labute approximate surface area is 59.8 Å². The Morgan fingerprint density at radius 3 is 2.80 bits per heavy atom. The molecule has 0 aliphatic rings. The van der Waals surface area contributed by atoms with E-state index in [0.717, 1.165) is 12.4 Å². The topological polar surface area (TPSA) is 69.9 Å². The molecule has 0 bridgehead atoms. The predicted molar refractivity (Wildman–Crippen MR) is 40.4 cm³/mol. The van der Waals surface area contributed by atoms with Crippen LogP contribution in [0.1, 0.15) is 5.82 Å². The first-order valence-corrected chi connectivity index (χ1v) is 3.23. The molecule has 1 heterocycles. The van der Waals surface area contributed by atoms with E-state index in [1.54, 1.807) is 6.20 Å². The number of aromatic nitrogens is 2. The second-order valence-electron chi connectivity index (χ2n) is 2.20. The van der Waals surface area contributed by atoms with Gasteiger partial charge in [0.15, 0.2) is 0 Å². The first-order chi connectivity index (χ1) is 4.74. The Morgan fingerprint density at radius 2 is 2.40 bits per heavy atom. The maximum Gasteiger partial charge on any atom is 0.141 e. The molecule has 4 nitrogen and oxygen atoms in total. The number of hydrogen-bond acceptors (Lipinski definition) is 3. The van der Waals surface area contributed by atoms with Crippen LogP contribution in [0.5, 0.6) is 0 Å². The smallest absolute Gasteiger partial charge is 0.141 e. The van der Waals surface area contributed by atoms with Gasteiger partial charge in [-0.1, -0.05) is 0 Å². The van der Waals surface area contributed by atoms with Crippen LogP contribution < -0.4 is 11.5 Å². The summed E-state index contributed by atoms with van der Waals surface area (Å²) in [6, 6.07) is 0. The highest BCUT2D eigenvalue weighted by atomic mass is 15.1. The predicted octanol–water partition coefficient (Wildman–Crippen LogP) is -0.268. The molecule has 4 N–H and O–H groups in total. The summed E-state index contributed by atoms with van der Waals surface area (Å²) >= 11 is 0. The van der Waals surface area contributed by atoms with E-state index in [9.17, 15) is 0 Å². The van der Waals surface area contributed by atoms with Crippen molar-refractivity contribution in [2.24, 2.45) is 5.73 Å². The highest BCUT2D eigenvalue weighted by Gasteiger charge is 1.97. The molecule has 4 heteroatoms. The molecular formula is C6H12N4. The molecule has 0 unspecified atom stereocenters. The third-order valence-corrected chi connectivity index (χ3v) is 1.36. The van der Waals surface area contributed by atoms with Gasteiger partial charge in [0.05, 0.1) is 0 Å². The summed E-state index contributed by atoms with van der Waals surface area (Å²) in [6.45, 7) is 3.32. The lowest BCUT2D eigenvalue weighted by molar-refractivity contribution is 0.684. The Bertz CT molecular complexity index is 216. The van der Waals surface area contributed by atoms with Crippen LogP contribution in [0.25, 0.3) is 0 Å². The fraction of sp³-hybridized carbons (Fsp3) is 0.500. The number of hydrogen-bond donors (Lipinski definition) is 2. The minimum Gasteiger partial charge on any atom is -0.382 e. The van der Waals surface area contributed by atoms with E-state index in [1.165, 1.54) is 0 Å². The lowest BCUT2D eigenvalue weighted by atomic mass is 10.6. The van der Waals surface area contributed by atoms with Crippen LogP contribution in [-0.2, 0) is 6.54 Å². The van der Waals surface area contributed by atoms with Gasteiger partial charge in [-0.15, -0.1) is 0 Å². The lowest BCUT2D eigenvalue weighted by Crippen LogP contribution is -2.10. The van der Waals surface area contributed by atoms with Gasteiger partial charge in [0.25, 0.3) is 0 Å². The monoisotopic (exact) mass is 140 g/mol. The fourth-order valence-electron chi connectivity index (χ4n) is 0.898. The van der Waals surface area contributed by atoms with Crippen LogP contribution in [0, 0.1) is 6.92 Å². The number of nitrogens with zero attached hydrogens (tertiary/aromatic N) is 2. The van der Waals surface area contributed by atoms with Crippen molar-refractivity contribution < 1.29 is 0 Å². The van der Waals surface area contributed by atoms with Crippen molar-refractivity contribution >= 4 is 5.82 Å². The summed E-state index contributed by atoms with van der Waals surface area (Å²) in [5.74, 6) is 1.48. The van der Waals surface area contributed by atoms with E-state index in [0.29, 0.717) is 12.4 Å². The lowest BCUT2D eigenvalue weighted by Gasteiger charge is -1.98. The third kappa shape index (κ3) is 1.27. The second kappa shape index (κ2) is 2.70. The van der Waals surface area contributed by atoms with Crippen molar-refractivity contribution in [1.29, 1.82) is 0 Å².